The molecule has 0 N–H and O–H groups in total. The summed E-state index contributed by atoms with van der Waals surface area (Å²) in [6, 6.07) is 11.2. The van der Waals surface area contributed by atoms with Gasteiger partial charge >= 0.3 is 0 Å². The maximum Gasteiger partial charge on any atom is 0.242 e. The lowest BCUT2D eigenvalue weighted by atomic mass is 10.2. The summed E-state index contributed by atoms with van der Waals surface area (Å²) < 4.78 is 43.5. The number of thioether (sulfide) groups is 1. The molecule has 0 saturated carbocycles. The predicted octanol–water partition coefficient (Wildman–Crippen LogP) is 3.92. The summed E-state index contributed by atoms with van der Waals surface area (Å²) in [5.74, 6) is 1.73. The molecule has 0 atom stereocenters. The van der Waals surface area contributed by atoms with Crippen LogP contribution in [-0.4, -0.2) is 51.1 Å². The van der Waals surface area contributed by atoms with Gasteiger partial charge in [0.05, 0.1) is 21.7 Å². The molecule has 33 heavy (non-hydrogen) atoms. The van der Waals surface area contributed by atoms with Crippen LogP contribution < -0.4 is 0 Å². The summed E-state index contributed by atoms with van der Waals surface area (Å²) >= 11 is 1.49. The molecule has 2 aromatic carbocycles. The molecule has 11 heteroatoms. The van der Waals surface area contributed by atoms with E-state index in [2.05, 4.69) is 21.7 Å². The molecule has 4 aromatic rings. The zero-order valence-corrected chi connectivity index (χ0v) is 20.5. The molecule has 0 aliphatic carbocycles. The quantitative estimate of drug-likeness (QED) is 0.350. The number of aromatic nitrogens is 5. The number of nitrogens with zero attached hydrogens (tertiary/aromatic N) is 6. The second kappa shape index (κ2) is 9.24. The molecule has 0 saturated heterocycles. The highest BCUT2D eigenvalue weighted by Gasteiger charge is 2.20. The Morgan fingerprint density at radius 3 is 2.48 bits per heavy atom. The minimum absolute atomic E-state index is 0.220. The van der Waals surface area contributed by atoms with Gasteiger partial charge in [-0.3, -0.25) is 0 Å². The van der Waals surface area contributed by atoms with E-state index in [1.807, 2.05) is 17.7 Å². The first-order valence-electron chi connectivity index (χ1n) is 10.4. The van der Waals surface area contributed by atoms with Crippen molar-refractivity contribution < 1.29 is 12.8 Å². The number of rotatable bonds is 8. The van der Waals surface area contributed by atoms with Crippen molar-refractivity contribution >= 4 is 32.8 Å². The van der Waals surface area contributed by atoms with Crippen LogP contribution >= 0.6 is 11.8 Å². The largest absolute Gasteiger partial charge is 0.327 e. The van der Waals surface area contributed by atoms with Gasteiger partial charge in [-0.1, -0.05) is 18.7 Å². The van der Waals surface area contributed by atoms with Crippen molar-refractivity contribution in [3.05, 3.63) is 54.1 Å². The molecular formula is C22H25FN6O2S2. The third-order valence-corrected chi connectivity index (χ3v) is 8.12. The van der Waals surface area contributed by atoms with Crippen molar-refractivity contribution in [1.29, 1.82) is 0 Å². The minimum atomic E-state index is -3.54. The molecule has 8 nitrogen and oxygen atoms in total. The lowest BCUT2D eigenvalue weighted by molar-refractivity contribution is 0.521. The SMILES string of the molecule is CCCn1c(CSc2nnc(-c3ccc(F)cc3)n2C)nc2cc(S(=O)(=O)N(C)C)ccc21. The molecule has 0 aliphatic heterocycles. The van der Waals surface area contributed by atoms with Gasteiger partial charge in [0, 0.05) is 33.3 Å². The number of sulfonamides is 1. The van der Waals surface area contributed by atoms with Crippen molar-refractivity contribution in [3.63, 3.8) is 0 Å². The van der Waals surface area contributed by atoms with E-state index in [1.54, 1.807) is 24.3 Å². The number of halogens is 1. The molecule has 174 valence electrons. The van der Waals surface area contributed by atoms with Crippen molar-refractivity contribution in [1.82, 2.24) is 28.6 Å². The monoisotopic (exact) mass is 488 g/mol. The van der Waals surface area contributed by atoms with Crippen LogP contribution in [0.4, 0.5) is 4.39 Å². The zero-order chi connectivity index (χ0) is 23.8. The topological polar surface area (TPSA) is 85.9 Å². The average Bonchev–Trinajstić information content (AvgIpc) is 3.32. The first-order valence-corrected chi connectivity index (χ1v) is 12.8. The average molecular weight is 489 g/mol. The van der Waals surface area contributed by atoms with Crippen LogP contribution in [0.2, 0.25) is 0 Å². The van der Waals surface area contributed by atoms with Gasteiger partial charge in [0.15, 0.2) is 11.0 Å². The van der Waals surface area contributed by atoms with E-state index in [1.165, 1.54) is 42.3 Å². The Bertz CT molecular complexity index is 1390. The lowest BCUT2D eigenvalue weighted by Gasteiger charge is -2.11. The van der Waals surface area contributed by atoms with Crippen LogP contribution in [-0.2, 0) is 29.4 Å². The molecule has 4 rings (SSSR count). The van der Waals surface area contributed by atoms with Gasteiger partial charge in [-0.05, 0) is 48.9 Å². The Balaban J connectivity index is 1.63. The Morgan fingerprint density at radius 2 is 1.82 bits per heavy atom. The summed E-state index contributed by atoms with van der Waals surface area (Å²) in [4.78, 5) is 4.96. The van der Waals surface area contributed by atoms with E-state index in [0.717, 1.165) is 29.9 Å². The number of fused-ring (bicyclic) bond motifs is 1. The van der Waals surface area contributed by atoms with Crippen LogP contribution in [0.5, 0.6) is 0 Å². The highest BCUT2D eigenvalue weighted by Crippen LogP contribution is 2.28. The number of hydrogen-bond acceptors (Lipinski definition) is 6. The van der Waals surface area contributed by atoms with Gasteiger partial charge in [-0.15, -0.1) is 10.2 Å². The van der Waals surface area contributed by atoms with Gasteiger partial charge in [0.1, 0.15) is 11.6 Å². The fraction of sp³-hybridized carbons (Fsp3) is 0.318. The summed E-state index contributed by atoms with van der Waals surface area (Å²) in [5.41, 5.74) is 2.33. The van der Waals surface area contributed by atoms with Gasteiger partial charge in [-0.2, -0.15) is 0 Å². The van der Waals surface area contributed by atoms with Crippen LogP contribution in [0, 0.1) is 5.82 Å². The summed E-state index contributed by atoms with van der Waals surface area (Å²) in [6.07, 6.45) is 0.916. The van der Waals surface area contributed by atoms with E-state index in [9.17, 15) is 12.8 Å². The van der Waals surface area contributed by atoms with Crippen LogP contribution in [0.1, 0.15) is 19.2 Å². The molecule has 0 fully saturated rings. The van der Waals surface area contributed by atoms with E-state index in [4.69, 9.17) is 4.98 Å². The maximum atomic E-state index is 13.2. The van der Waals surface area contributed by atoms with Crippen LogP contribution in [0.3, 0.4) is 0 Å². The molecule has 0 bridgehead atoms. The highest BCUT2D eigenvalue weighted by molar-refractivity contribution is 7.98. The van der Waals surface area contributed by atoms with Gasteiger partial charge < -0.3 is 9.13 Å². The van der Waals surface area contributed by atoms with E-state index in [0.29, 0.717) is 22.3 Å². The van der Waals surface area contributed by atoms with Gasteiger partial charge in [0.25, 0.3) is 0 Å². The Hall–Kier alpha value is -2.76. The summed E-state index contributed by atoms with van der Waals surface area (Å²) in [5, 5.41) is 9.25. The van der Waals surface area contributed by atoms with Crippen molar-refractivity contribution in [3.8, 4) is 11.4 Å². The molecule has 0 aliphatic rings. The minimum Gasteiger partial charge on any atom is -0.327 e. The summed E-state index contributed by atoms with van der Waals surface area (Å²) in [7, 11) is 1.36. The first-order chi connectivity index (χ1) is 15.7. The second-order valence-electron chi connectivity index (χ2n) is 7.78. The normalized spacial score (nSPS) is 12.2. The Labute approximate surface area is 196 Å². The molecule has 2 aromatic heterocycles. The highest BCUT2D eigenvalue weighted by atomic mass is 32.2. The smallest absolute Gasteiger partial charge is 0.242 e. The molecule has 0 radical (unpaired) electrons. The second-order valence-corrected chi connectivity index (χ2v) is 10.9. The zero-order valence-electron chi connectivity index (χ0n) is 18.9. The standard InChI is InChI=1S/C22H25FN6O2S2/c1-5-12-29-19-11-10-17(33(30,31)27(2)3)13-18(19)24-20(29)14-32-22-26-25-21(28(22)4)15-6-8-16(23)9-7-15/h6-11,13H,5,12,14H2,1-4H3. The third-order valence-electron chi connectivity index (χ3n) is 5.29. The Morgan fingerprint density at radius 1 is 1.09 bits per heavy atom. The summed E-state index contributed by atoms with van der Waals surface area (Å²) in [6.45, 7) is 2.86. The molecule has 2 heterocycles. The maximum absolute atomic E-state index is 13.2. The van der Waals surface area contributed by atoms with Gasteiger partial charge in [-0.25, -0.2) is 22.1 Å². The van der Waals surface area contributed by atoms with Crippen LogP contribution in [0.25, 0.3) is 22.4 Å². The molecule has 0 spiro atoms. The first kappa shape index (κ1) is 23.4. The van der Waals surface area contributed by atoms with Crippen molar-refractivity contribution in [2.45, 2.75) is 35.7 Å². The van der Waals surface area contributed by atoms with E-state index >= 15 is 0 Å². The number of benzene rings is 2. The third kappa shape index (κ3) is 4.53. The Kier molecular flexibility index (Phi) is 6.55. The van der Waals surface area contributed by atoms with Gasteiger partial charge in [0.2, 0.25) is 10.0 Å². The van der Waals surface area contributed by atoms with Crippen LogP contribution in [0.15, 0.2) is 52.5 Å². The molecular weight excluding hydrogens is 463 g/mol. The molecule has 0 unspecified atom stereocenters. The predicted molar refractivity (Wildman–Crippen MR) is 127 cm³/mol. The van der Waals surface area contributed by atoms with E-state index in [-0.39, 0.29) is 10.7 Å². The van der Waals surface area contributed by atoms with Crippen molar-refractivity contribution in [2.75, 3.05) is 14.1 Å². The number of imidazole rings is 1. The fourth-order valence-electron chi connectivity index (χ4n) is 3.53. The number of hydrogen-bond donors (Lipinski definition) is 0. The lowest BCUT2D eigenvalue weighted by Crippen LogP contribution is -2.22. The fourth-order valence-corrected chi connectivity index (χ4v) is 5.31. The number of aryl methyl sites for hydroxylation is 1. The van der Waals surface area contributed by atoms with Crippen molar-refractivity contribution in [2.24, 2.45) is 7.05 Å². The van der Waals surface area contributed by atoms with E-state index < -0.39 is 10.0 Å². The molecule has 0 amide bonds.